The third-order valence-corrected chi connectivity index (χ3v) is 12.6. The molecule has 0 bridgehead atoms. The standard InChI is InChI=1S/C48H99N2O6P/c1-6-8-10-12-14-15-16-17-18-19-20-21-22-23-24-25-26-27-28-29-30-31-32-33-34-35-36-37-39-41-47(51)46(49-48(52)42-40-38-13-11-9-7-2)45-56-57(53,54)55-44-43-50(3,4)5/h46-47,51H,6-45H2,1-5H3,(H-,49,52,53,54). The summed E-state index contributed by atoms with van der Waals surface area (Å²) in [6.45, 7) is 4.68. The van der Waals surface area contributed by atoms with E-state index in [0.717, 1.165) is 38.5 Å². The van der Waals surface area contributed by atoms with Crippen molar-refractivity contribution in [3.05, 3.63) is 0 Å². The lowest BCUT2D eigenvalue weighted by Gasteiger charge is -2.30. The number of hydrogen-bond acceptors (Lipinski definition) is 6. The van der Waals surface area contributed by atoms with E-state index in [4.69, 9.17) is 9.05 Å². The van der Waals surface area contributed by atoms with Crippen molar-refractivity contribution in [3.8, 4) is 0 Å². The molecule has 0 spiro atoms. The molecule has 0 saturated heterocycles. The van der Waals surface area contributed by atoms with Gasteiger partial charge < -0.3 is 28.8 Å². The highest BCUT2D eigenvalue weighted by Crippen LogP contribution is 2.38. The summed E-state index contributed by atoms with van der Waals surface area (Å²) in [5, 5.41) is 13.8. The lowest BCUT2D eigenvalue weighted by atomic mass is 10.0. The molecule has 0 rings (SSSR count). The Hall–Kier alpha value is -0.500. The summed E-state index contributed by atoms with van der Waals surface area (Å²) in [7, 11) is 1.31. The number of likely N-dealkylation sites (N-methyl/N-ethyl adjacent to an activating group) is 1. The normalized spacial score (nSPS) is 14.2. The van der Waals surface area contributed by atoms with Gasteiger partial charge in [0.2, 0.25) is 5.91 Å². The number of carbonyl (C=O) groups is 1. The van der Waals surface area contributed by atoms with Gasteiger partial charge in [0.05, 0.1) is 39.9 Å². The number of nitrogens with zero attached hydrogens (tertiary/aromatic N) is 1. The molecule has 57 heavy (non-hydrogen) atoms. The van der Waals surface area contributed by atoms with E-state index in [0.29, 0.717) is 23.9 Å². The van der Waals surface area contributed by atoms with Crippen LogP contribution in [0.4, 0.5) is 0 Å². The Balaban J connectivity index is 3.89. The predicted octanol–water partition coefficient (Wildman–Crippen LogP) is 13.5. The van der Waals surface area contributed by atoms with E-state index in [-0.39, 0.29) is 19.1 Å². The first kappa shape index (κ1) is 56.5. The SMILES string of the molecule is CCCCCCCCCCCCCCCCCCCCCCCCCCCCCCCC(O)C(COP(=O)([O-])OCC[N+](C)(C)C)NC(=O)CCCCCCCC. The van der Waals surface area contributed by atoms with Gasteiger partial charge in [-0.15, -0.1) is 0 Å². The minimum Gasteiger partial charge on any atom is -0.756 e. The van der Waals surface area contributed by atoms with Crippen molar-refractivity contribution in [2.45, 2.75) is 264 Å². The van der Waals surface area contributed by atoms with E-state index in [9.17, 15) is 19.4 Å². The van der Waals surface area contributed by atoms with Gasteiger partial charge in [-0.3, -0.25) is 9.36 Å². The minimum absolute atomic E-state index is 0.0154. The summed E-state index contributed by atoms with van der Waals surface area (Å²) >= 11 is 0. The summed E-state index contributed by atoms with van der Waals surface area (Å²) in [6.07, 6.45) is 46.0. The van der Waals surface area contributed by atoms with Crippen LogP contribution in [-0.4, -0.2) is 68.5 Å². The maximum absolute atomic E-state index is 12.7. The molecule has 0 aromatic rings. The molecule has 1 amide bonds. The van der Waals surface area contributed by atoms with Crippen molar-refractivity contribution in [2.24, 2.45) is 0 Å². The number of quaternary nitrogens is 1. The highest BCUT2D eigenvalue weighted by Gasteiger charge is 2.24. The summed E-state index contributed by atoms with van der Waals surface area (Å²) in [4.78, 5) is 25.1. The fourth-order valence-electron chi connectivity index (χ4n) is 7.63. The van der Waals surface area contributed by atoms with Crippen LogP contribution in [-0.2, 0) is 18.4 Å². The van der Waals surface area contributed by atoms with Crippen LogP contribution in [0.15, 0.2) is 0 Å². The molecule has 3 atom stereocenters. The number of aliphatic hydroxyl groups excluding tert-OH is 1. The van der Waals surface area contributed by atoms with Crippen LogP contribution in [0.3, 0.4) is 0 Å². The second-order valence-corrected chi connectivity index (χ2v) is 19.9. The Morgan fingerprint density at radius 1 is 0.544 bits per heavy atom. The quantitative estimate of drug-likeness (QED) is 0.0359. The van der Waals surface area contributed by atoms with Gasteiger partial charge in [0.1, 0.15) is 13.2 Å². The number of phosphoric ester groups is 1. The fraction of sp³-hybridized carbons (Fsp3) is 0.979. The van der Waals surface area contributed by atoms with Crippen molar-refractivity contribution in [1.82, 2.24) is 5.32 Å². The summed E-state index contributed by atoms with van der Waals surface area (Å²) < 4.78 is 23.2. The Kier molecular flexibility index (Phi) is 40.5. The molecule has 0 aliphatic heterocycles. The van der Waals surface area contributed by atoms with E-state index in [1.165, 1.54) is 186 Å². The number of phosphoric acid groups is 1. The van der Waals surface area contributed by atoms with Crippen molar-refractivity contribution in [1.29, 1.82) is 0 Å². The van der Waals surface area contributed by atoms with Crippen LogP contribution in [0.2, 0.25) is 0 Å². The van der Waals surface area contributed by atoms with Crippen LogP contribution in [0.25, 0.3) is 0 Å². The van der Waals surface area contributed by atoms with Gasteiger partial charge in [0, 0.05) is 6.42 Å². The van der Waals surface area contributed by atoms with Crippen molar-refractivity contribution >= 4 is 13.7 Å². The zero-order valence-corrected chi connectivity index (χ0v) is 39.7. The largest absolute Gasteiger partial charge is 0.756 e. The first-order valence-electron chi connectivity index (χ1n) is 24.9. The lowest BCUT2D eigenvalue weighted by molar-refractivity contribution is -0.870. The number of carbonyl (C=O) groups excluding carboxylic acids is 1. The van der Waals surface area contributed by atoms with Gasteiger partial charge in [-0.2, -0.15) is 0 Å². The molecule has 0 aliphatic carbocycles. The van der Waals surface area contributed by atoms with E-state index in [1.807, 2.05) is 21.1 Å². The van der Waals surface area contributed by atoms with Crippen LogP contribution in [0.5, 0.6) is 0 Å². The minimum atomic E-state index is -4.55. The number of amides is 1. The molecule has 342 valence electrons. The third kappa shape index (κ3) is 43.4. The van der Waals surface area contributed by atoms with E-state index < -0.39 is 20.0 Å². The maximum Gasteiger partial charge on any atom is 0.268 e. The zero-order valence-electron chi connectivity index (χ0n) is 38.8. The average Bonchev–Trinajstić information content (AvgIpc) is 3.16. The second-order valence-electron chi connectivity index (χ2n) is 18.5. The highest BCUT2D eigenvalue weighted by molar-refractivity contribution is 7.45. The van der Waals surface area contributed by atoms with Gasteiger partial charge in [-0.25, -0.2) is 0 Å². The van der Waals surface area contributed by atoms with Crippen LogP contribution in [0, 0.1) is 0 Å². The molecule has 0 aromatic carbocycles. The lowest BCUT2D eigenvalue weighted by Crippen LogP contribution is -2.46. The molecule has 0 saturated carbocycles. The topological polar surface area (TPSA) is 108 Å². The smallest absolute Gasteiger partial charge is 0.268 e. The van der Waals surface area contributed by atoms with Gasteiger partial charge in [0.15, 0.2) is 0 Å². The van der Waals surface area contributed by atoms with Gasteiger partial charge in [-0.1, -0.05) is 232 Å². The number of nitrogens with one attached hydrogen (secondary N) is 1. The maximum atomic E-state index is 12.7. The molecular weight excluding hydrogens is 732 g/mol. The molecule has 0 aliphatic rings. The van der Waals surface area contributed by atoms with Gasteiger partial charge in [-0.05, 0) is 12.8 Å². The molecule has 3 unspecified atom stereocenters. The Morgan fingerprint density at radius 2 is 0.860 bits per heavy atom. The number of aliphatic hydroxyl groups is 1. The molecule has 0 fully saturated rings. The first-order chi connectivity index (χ1) is 27.5. The second kappa shape index (κ2) is 40.9. The summed E-state index contributed by atoms with van der Waals surface area (Å²) in [6, 6.07) is -0.791. The molecule has 8 nitrogen and oxygen atoms in total. The van der Waals surface area contributed by atoms with E-state index in [2.05, 4.69) is 19.2 Å². The number of hydrogen-bond donors (Lipinski definition) is 2. The zero-order chi connectivity index (χ0) is 42.1. The fourth-order valence-corrected chi connectivity index (χ4v) is 8.35. The summed E-state index contributed by atoms with van der Waals surface area (Å²) in [5.74, 6) is -0.171. The van der Waals surface area contributed by atoms with E-state index in [1.54, 1.807) is 0 Å². The van der Waals surface area contributed by atoms with Crippen LogP contribution < -0.4 is 10.2 Å². The summed E-state index contributed by atoms with van der Waals surface area (Å²) in [5.41, 5.74) is 0. The molecule has 0 aromatic heterocycles. The van der Waals surface area contributed by atoms with Crippen LogP contribution in [0.1, 0.15) is 251 Å². The highest BCUT2D eigenvalue weighted by atomic mass is 31.2. The Morgan fingerprint density at radius 3 is 1.19 bits per heavy atom. The van der Waals surface area contributed by atoms with Crippen LogP contribution >= 0.6 is 7.82 Å². The van der Waals surface area contributed by atoms with Crippen molar-refractivity contribution in [3.63, 3.8) is 0 Å². The van der Waals surface area contributed by atoms with Gasteiger partial charge in [0.25, 0.3) is 7.82 Å². The predicted molar refractivity (Wildman–Crippen MR) is 243 cm³/mol. The average molecular weight is 831 g/mol. The van der Waals surface area contributed by atoms with Gasteiger partial charge >= 0.3 is 0 Å². The number of unbranched alkanes of at least 4 members (excludes halogenated alkanes) is 33. The van der Waals surface area contributed by atoms with Crippen molar-refractivity contribution in [2.75, 3.05) is 40.9 Å². The first-order valence-corrected chi connectivity index (χ1v) is 26.3. The Labute approximate surface area is 355 Å². The molecular formula is C48H99N2O6P. The van der Waals surface area contributed by atoms with Crippen molar-refractivity contribution < 1.29 is 32.9 Å². The molecule has 2 N–H and O–H groups in total. The monoisotopic (exact) mass is 831 g/mol. The Bertz CT molecular complexity index is 901. The molecule has 0 radical (unpaired) electrons. The molecule has 0 heterocycles. The van der Waals surface area contributed by atoms with E-state index >= 15 is 0 Å². The number of rotatable bonds is 46. The third-order valence-electron chi connectivity index (χ3n) is 11.6. The molecule has 9 heteroatoms.